The molecule has 12 heteroatoms. The Morgan fingerprint density at radius 2 is 1.95 bits per heavy atom. The number of halogens is 2. The Morgan fingerprint density at radius 1 is 1.19 bits per heavy atom. The van der Waals surface area contributed by atoms with Crippen molar-refractivity contribution in [2.24, 2.45) is 23.7 Å². The van der Waals surface area contributed by atoms with Crippen molar-refractivity contribution in [2.45, 2.75) is 63.6 Å². The van der Waals surface area contributed by atoms with Crippen molar-refractivity contribution in [2.75, 3.05) is 0 Å². The minimum Gasteiger partial charge on any atom is -0.369 e. The lowest BCUT2D eigenvalue weighted by Crippen LogP contribution is -2.39. The standard InChI is InChI=1S/C25H28F2N6O4/c1-11-20(33-37-32-11)24(36)31-21(16-6-14-5-15(14)7-16)22-28-17-3-2-13(8-18(17)29-22)23(35)30-19(34)4-12-9-25(26,27)10-12/h2-3,8,12,14-16,21,23,35H,4-7,9-10H2,1H3,(H,28,29)(H,30,34)(H,31,36)/t14-,15?,16?,21-,23+/m0/s1. The average molecular weight is 515 g/mol. The first-order chi connectivity index (χ1) is 17.6. The molecule has 196 valence electrons. The molecular weight excluding hydrogens is 486 g/mol. The summed E-state index contributed by atoms with van der Waals surface area (Å²) >= 11 is 0. The van der Waals surface area contributed by atoms with Crippen LogP contribution in [-0.4, -0.2) is 43.1 Å². The number of amides is 2. The predicted molar refractivity (Wildman–Crippen MR) is 125 cm³/mol. The average Bonchev–Trinajstić information content (AvgIpc) is 3.19. The van der Waals surface area contributed by atoms with E-state index >= 15 is 0 Å². The van der Waals surface area contributed by atoms with Gasteiger partial charge in [0.2, 0.25) is 11.8 Å². The first kappa shape index (κ1) is 24.0. The van der Waals surface area contributed by atoms with Crippen LogP contribution in [0.25, 0.3) is 11.0 Å². The summed E-state index contributed by atoms with van der Waals surface area (Å²) < 4.78 is 30.7. The van der Waals surface area contributed by atoms with E-state index in [0.29, 0.717) is 40.0 Å². The van der Waals surface area contributed by atoms with Gasteiger partial charge >= 0.3 is 0 Å². The second-order valence-corrected chi connectivity index (χ2v) is 10.8. The minimum atomic E-state index is -2.69. The van der Waals surface area contributed by atoms with Gasteiger partial charge < -0.3 is 20.7 Å². The van der Waals surface area contributed by atoms with Gasteiger partial charge in [0.05, 0.1) is 17.1 Å². The first-order valence-corrected chi connectivity index (χ1v) is 12.6. The van der Waals surface area contributed by atoms with Crippen LogP contribution in [0.5, 0.6) is 0 Å². The van der Waals surface area contributed by atoms with E-state index in [-0.39, 0.29) is 48.7 Å². The fraction of sp³-hybridized carbons (Fsp3) is 0.560. The van der Waals surface area contributed by atoms with Crippen LogP contribution in [0.4, 0.5) is 8.78 Å². The lowest BCUT2D eigenvalue weighted by Gasteiger charge is -2.34. The number of H-pyrrole nitrogens is 1. The van der Waals surface area contributed by atoms with Gasteiger partial charge in [-0.15, -0.1) is 0 Å². The molecule has 0 aliphatic heterocycles. The third kappa shape index (κ3) is 4.81. The Balaban J connectivity index is 1.18. The number of carbonyl (C=O) groups excluding carboxylic acids is 2. The summed E-state index contributed by atoms with van der Waals surface area (Å²) in [5.41, 5.74) is 2.26. The normalized spacial score (nSPS) is 25.8. The monoisotopic (exact) mass is 514 g/mol. The fourth-order valence-electron chi connectivity index (χ4n) is 5.94. The number of aliphatic hydroxyl groups is 1. The Hall–Kier alpha value is -3.41. The molecule has 37 heavy (non-hydrogen) atoms. The highest BCUT2D eigenvalue weighted by molar-refractivity contribution is 5.93. The molecule has 3 aliphatic carbocycles. The highest BCUT2D eigenvalue weighted by Crippen LogP contribution is 2.57. The SMILES string of the molecule is Cc1nonc1C(=O)N[C@H](c1nc2ccc([C@@H](O)NC(=O)CC3CC(F)(F)C3)cc2[nH]1)C1CC2C[C@H]2C1. The van der Waals surface area contributed by atoms with Gasteiger partial charge in [-0.2, -0.15) is 0 Å². The van der Waals surface area contributed by atoms with Crippen LogP contribution in [0.15, 0.2) is 22.8 Å². The van der Waals surface area contributed by atoms with Crippen LogP contribution in [-0.2, 0) is 4.79 Å². The zero-order valence-electron chi connectivity index (χ0n) is 20.2. The number of imidazole rings is 1. The smallest absolute Gasteiger partial charge is 0.276 e. The summed E-state index contributed by atoms with van der Waals surface area (Å²) in [4.78, 5) is 33.1. The lowest BCUT2D eigenvalue weighted by molar-refractivity contribution is -0.136. The maximum Gasteiger partial charge on any atom is 0.276 e. The molecule has 1 aromatic carbocycles. The van der Waals surface area contributed by atoms with Crippen LogP contribution in [0, 0.1) is 30.6 Å². The summed E-state index contributed by atoms with van der Waals surface area (Å²) in [5, 5.41) is 23.5. The summed E-state index contributed by atoms with van der Waals surface area (Å²) in [6, 6.07) is 4.70. The molecule has 3 fully saturated rings. The van der Waals surface area contributed by atoms with Gasteiger partial charge in [-0.05, 0) is 67.1 Å². The van der Waals surface area contributed by atoms with E-state index in [1.165, 1.54) is 6.42 Å². The number of hydrogen-bond donors (Lipinski definition) is 4. The maximum absolute atomic E-state index is 13.0. The number of aromatic nitrogens is 4. The Kier molecular flexibility index (Phi) is 5.74. The summed E-state index contributed by atoms with van der Waals surface area (Å²) in [5.74, 6) is -1.70. The summed E-state index contributed by atoms with van der Waals surface area (Å²) in [7, 11) is 0. The number of rotatable bonds is 8. The van der Waals surface area contributed by atoms with E-state index in [0.717, 1.165) is 12.8 Å². The number of benzene rings is 1. The fourth-order valence-corrected chi connectivity index (χ4v) is 5.94. The second-order valence-electron chi connectivity index (χ2n) is 10.8. The largest absolute Gasteiger partial charge is 0.369 e. The number of aryl methyl sites for hydroxylation is 1. The molecule has 5 atom stereocenters. The van der Waals surface area contributed by atoms with Crippen molar-refractivity contribution in [1.82, 2.24) is 30.9 Å². The van der Waals surface area contributed by atoms with Gasteiger partial charge in [-0.1, -0.05) is 11.2 Å². The summed E-state index contributed by atoms with van der Waals surface area (Å²) in [6.07, 6.45) is 1.31. The number of carbonyl (C=O) groups is 2. The second kappa shape index (κ2) is 8.86. The Bertz CT molecular complexity index is 1340. The third-order valence-electron chi connectivity index (χ3n) is 7.99. The van der Waals surface area contributed by atoms with E-state index in [1.807, 2.05) is 0 Å². The molecule has 10 nitrogen and oxygen atoms in total. The highest BCUT2D eigenvalue weighted by atomic mass is 19.3. The number of fused-ring (bicyclic) bond motifs is 2. The number of aliphatic hydroxyl groups excluding tert-OH is 1. The van der Waals surface area contributed by atoms with Crippen molar-refractivity contribution in [3.8, 4) is 0 Å². The number of hydrogen-bond acceptors (Lipinski definition) is 7. The van der Waals surface area contributed by atoms with Crippen LogP contribution >= 0.6 is 0 Å². The van der Waals surface area contributed by atoms with Crippen molar-refractivity contribution in [3.05, 3.63) is 41.0 Å². The third-order valence-corrected chi connectivity index (χ3v) is 7.99. The molecule has 4 N–H and O–H groups in total. The Morgan fingerprint density at radius 3 is 2.62 bits per heavy atom. The number of nitrogens with one attached hydrogen (secondary N) is 3. The number of nitrogens with zero attached hydrogens (tertiary/aromatic N) is 3. The predicted octanol–water partition coefficient (Wildman–Crippen LogP) is 3.31. The molecule has 0 saturated heterocycles. The topological polar surface area (TPSA) is 146 Å². The molecule has 2 aromatic heterocycles. The van der Waals surface area contributed by atoms with E-state index in [9.17, 15) is 23.5 Å². The van der Waals surface area contributed by atoms with Gasteiger partial charge in [-0.3, -0.25) is 9.59 Å². The lowest BCUT2D eigenvalue weighted by atomic mass is 9.79. The van der Waals surface area contributed by atoms with E-state index < -0.39 is 18.1 Å². The zero-order chi connectivity index (χ0) is 25.9. The molecule has 2 heterocycles. The molecule has 0 spiro atoms. The van der Waals surface area contributed by atoms with Gasteiger partial charge in [-0.25, -0.2) is 18.4 Å². The minimum absolute atomic E-state index is 0.0473. The highest BCUT2D eigenvalue weighted by Gasteiger charge is 2.49. The quantitative estimate of drug-likeness (QED) is 0.337. The van der Waals surface area contributed by atoms with Crippen molar-refractivity contribution in [3.63, 3.8) is 0 Å². The van der Waals surface area contributed by atoms with Gasteiger partial charge in [0.1, 0.15) is 11.5 Å². The molecule has 0 radical (unpaired) electrons. The van der Waals surface area contributed by atoms with Crippen molar-refractivity contribution in [1.29, 1.82) is 0 Å². The van der Waals surface area contributed by atoms with Gasteiger partial charge in [0.25, 0.3) is 5.91 Å². The van der Waals surface area contributed by atoms with Crippen LogP contribution in [0.1, 0.15) is 78.4 Å². The zero-order valence-corrected chi connectivity index (χ0v) is 20.2. The van der Waals surface area contributed by atoms with Gasteiger partial charge in [0.15, 0.2) is 11.9 Å². The molecule has 2 unspecified atom stereocenters. The molecule has 6 rings (SSSR count). The molecule has 3 saturated carbocycles. The van der Waals surface area contributed by atoms with Crippen LogP contribution < -0.4 is 10.6 Å². The van der Waals surface area contributed by atoms with E-state index in [1.54, 1.807) is 25.1 Å². The first-order valence-electron chi connectivity index (χ1n) is 12.6. The van der Waals surface area contributed by atoms with E-state index in [4.69, 9.17) is 4.98 Å². The maximum atomic E-state index is 13.0. The van der Waals surface area contributed by atoms with Gasteiger partial charge in [0, 0.05) is 24.8 Å². The number of alkyl halides is 2. The van der Waals surface area contributed by atoms with Crippen LogP contribution in [0.2, 0.25) is 0 Å². The van der Waals surface area contributed by atoms with Crippen LogP contribution in [0.3, 0.4) is 0 Å². The molecular formula is C25H28F2N6O4. The molecule has 3 aromatic rings. The van der Waals surface area contributed by atoms with E-state index in [2.05, 4.69) is 30.6 Å². The molecule has 2 amide bonds. The van der Waals surface area contributed by atoms with Crippen molar-refractivity contribution >= 4 is 22.8 Å². The Labute approximate surface area is 210 Å². The summed E-state index contributed by atoms with van der Waals surface area (Å²) in [6.45, 7) is 1.65. The molecule has 0 bridgehead atoms. The number of aromatic amines is 1. The van der Waals surface area contributed by atoms with Crippen molar-refractivity contribution < 1.29 is 28.1 Å². The molecule has 3 aliphatic rings.